The number of nitro benzene ring substituents is 1. The first-order valence-electron chi connectivity index (χ1n) is 5.95. The van der Waals surface area contributed by atoms with Gasteiger partial charge in [-0.2, -0.15) is 0 Å². The van der Waals surface area contributed by atoms with Crippen molar-refractivity contribution in [1.29, 1.82) is 0 Å². The molecule has 3 N–H and O–H groups in total. The molecule has 124 valence electrons. The minimum absolute atomic E-state index is 0.0833. The van der Waals surface area contributed by atoms with Gasteiger partial charge in [0, 0.05) is 6.07 Å². The summed E-state index contributed by atoms with van der Waals surface area (Å²) in [5.41, 5.74) is -0.0367. The summed E-state index contributed by atoms with van der Waals surface area (Å²) in [4.78, 5) is 21.7. The smallest absolute Gasteiger partial charge is 0.292 e. The van der Waals surface area contributed by atoms with Crippen LogP contribution >= 0.6 is 47.0 Å². The third-order valence-electron chi connectivity index (χ3n) is 2.42. The Morgan fingerprint density at radius 3 is 2.48 bits per heavy atom. The van der Waals surface area contributed by atoms with Crippen molar-refractivity contribution in [2.75, 3.05) is 5.32 Å². The number of thiocarbonyl (C=S) groups is 1. The Balaban J connectivity index is 2.86. The molecule has 1 atom stereocenters. The molecule has 1 rings (SSSR count). The van der Waals surface area contributed by atoms with Crippen LogP contribution < -0.4 is 16.0 Å². The van der Waals surface area contributed by atoms with E-state index < -0.39 is 20.8 Å². The molecular weight excluding hydrogens is 387 g/mol. The van der Waals surface area contributed by atoms with E-state index in [1.54, 1.807) is 6.07 Å². The molecular formula is C12H11Cl3N4O3S. The average molecular weight is 398 g/mol. The molecule has 11 heteroatoms. The lowest BCUT2D eigenvalue weighted by molar-refractivity contribution is -0.383. The van der Waals surface area contributed by atoms with Crippen LogP contribution in [0.2, 0.25) is 0 Å². The minimum Gasteiger partial charge on any atom is -0.339 e. The number of nitrogens with zero attached hydrogens (tertiary/aromatic N) is 1. The highest BCUT2D eigenvalue weighted by molar-refractivity contribution is 7.80. The lowest BCUT2D eigenvalue weighted by Gasteiger charge is -2.27. The van der Waals surface area contributed by atoms with Gasteiger partial charge in [-0.15, -0.1) is 0 Å². The predicted octanol–water partition coefficient (Wildman–Crippen LogP) is 2.88. The first kappa shape index (κ1) is 19.4. The zero-order valence-electron chi connectivity index (χ0n) is 11.4. The number of nitro groups is 1. The molecule has 0 aliphatic carbocycles. The number of benzene rings is 1. The van der Waals surface area contributed by atoms with Gasteiger partial charge in [0.05, 0.1) is 4.92 Å². The molecule has 0 saturated carbocycles. The van der Waals surface area contributed by atoms with Gasteiger partial charge in [0.2, 0.25) is 9.70 Å². The number of alkyl halides is 3. The first-order valence-corrected chi connectivity index (χ1v) is 7.50. The Morgan fingerprint density at radius 1 is 1.35 bits per heavy atom. The normalized spacial score (nSPS) is 12.0. The van der Waals surface area contributed by atoms with Crippen LogP contribution in [0.3, 0.4) is 0 Å². The summed E-state index contributed by atoms with van der Waals surface area (Å²) < 4.78 is -1.92. The van der Waals surface area contributed by atoms with E-state index in [9.17, 15) is 14.9 Å². The van der Waals surface area contributed by atoms with Gasteiger partial charge < -0.3 is 16.0 Å². The van der Waals surface area contributed by atoms with Crippen LogP contribution in [0.25, 0.3) is 0 Å². The van der Waals surface area contributed by atoms with Gasteiger partial charge in [-0.05, 0) is 24.4 Å². The van der Waals surface area contributed by atoms with Gasteiger partial charge in [0.1, 0.15) is 11.9 Å². The number of hydrogen-bond acceptors (Lipinski definition) is 4. The van der Waals surface area contributed by atoms with Gasteiger partial charge in [-0.25, -0.2) is 0 Å². The Hall–Kier alpha value is -1.61. The van der Waals surface area contributed by atoms with E-state index in [4.69, 9.17) is 47.0 Å². The molecule has 1 aromatic rings. The van der Waals surface area contributed by atoms with Gasteiger partial charge >= 0.3 is 0 Å². The maximum absolute atomic E-state index is 11.4. The van der Waals surface area contributed by atoms with E-state index in [0.29, 0.717) is 0 Å². The Morgan fingerprint density at radius 2 is 1.96 bits per heavy atom. The fourth-order valence-corrected chi connectivity index (χ4v) is 1.98. The molecule has 1 unspecified atom stereocenters. The van der Waals surface area contributed by atoms with Crippen molar-refractivity contribution in [3.05, 3.63) is 47.0 Å². The molecule has 1 amide bonds. The van der Waals surface area contributed by atoms with Gasteiger partial charge in [0.15, 0.2) is 5.11 Å². The summed E-state index contributed by atoms with van der Waals surface area (Å²) in [6.07, 6.45) is -0.190. The van der Waals surface area contributed by atoms with Crippen molar-refractivity contribution in [1.82, 2.24) is 10.6 Å². The molecule has 0 saturated heterocycles. The number of anilines is 1. The number of carbonyl (C=O) groups is 1. The molecule has 1 aromatic carbocycles. The highest BCUT2D eigenvalue weighted by Crippen LogP contribution is 2.29. The van der Waals surface area contributed by atoms with Crippen LogP contribution in [0.4, 0.5) is 11.4 Å². The molecule has 0 bridgehead atoms. The van der Waals surface area contributed by atoms with E-state index >= 15 is 0 Å². The lowest BCUT2D eigenvalue weighted by atomic mass is 10.3. The van der Waals surface area contributed by atoms with Crippen molar-refractivity contribution in [2.24, 2.45) is 0 Å². The van der Waals surface area contributed by atoms with Crippen molar-refractivity contribution in [3.8, 4) is 0 Å². The molecule has 0 aliphatic heterocycles. The number of rotatable bonds is 5. The van der Waals surface area contributed by atoms with Crippen LogP contribution in [-0.2, 0) is 4.79 Å². The zero-order valence-corrected chi connectivity index (χ0v) is 14.5. The molecule has 7 nitrogen and oxygen atoms in total. The van der Waals surface area contributed by atoms with Crippen LogP contribution in [-0.4, -0.2) is 25.9 Å². The van der Waals surface area contributed by atoms with Crippen LogP contribution in [0, 0.1) is 10.1 Å². The minimum atomic E-state index is -1.92. The number of hydrogen-bond donors (Lipinski definition) is 3. The van der Waals surface area contributed by atoms with Crippen LogP contribution in [0.5, 0.6) is 0 Å². The van der Waals surface area contributed by atoms with E-state index in [1.807, 2.05) is 0 Å². The topological polar surface area (TPSA) is 96.3 Å². The van der Waals surface area contributed by atoms with E-state index in [2.05, 4.69) is 22.5 Å². The summed E-state index contributed by atoms with van der Waals surface area (Å²) in [7, 11) is 0. The summed E-state index contributed by atoms with van der Waals surface area (Å²) in [5, 5.41) is 18.4. The summed E-state index contributed by atoms with van der Waals surface area (Å²) in [6.45, 7) is 3.28. The fraction of sp³-hybridized carbons (Fsp3) is 0.167. The van der Waals surface area contributed by atoms with E-state index in [0.717, 1.165) is 6.08 Å². The maximum Gasteiger partial charge on any atom is 0.292 e. The highest BCUT2D eigenvalue weighted by Gasteiger charge is 2.34. The molecule has 23 heavy (non-hydrogen) atoms. The monoisotopic (exact) mass is 396 g/mol. The second kappa shape index (κ2) is 8.30. The number of para-hydroxylation sites is 2. The quantitative estimate of drug-likeness (QED) is 0.177. The fourth-order valence-electron chi connectivity index (χ4n) is 1.43. The SMILES string of the molecule is C=CC(=O)NC(NC(=S)Nc1ccccc1[N+](=O)[O-])C(Cl)(Cl)Cl. The second-order valence-corrected chi connectivity index (χ2v) is 6.84. The number of halogens is 3. The lowest BCUT2D eigenvalue weighted by Crippen LogP contribution is -2.55. The van der Waals surface area contributed by atoms with Gasteiger partial charge in [-0.3, -0.25) is 14.9 Å². The summed E-state index contributed by atoms with van der Waals surface area (Å²) >= 11 is 22.3. The van der Waals surface area contributed by atoms with Crippen molar-refractivity contribution >= 4 is 69.4 Å². The van der Waals surface area contributed by atoms with E-state index in [1.165, 1.54) is 18.2 Å². The molecule has 0 radical (unpaired) electrons. The van der Waals surface area contributed by atoms with Crippen LogP contribution in [0.15, 0.2) is 36.9 Å². The number of nitrogens with one attached hydrogen (secondary N) is 3. The van der Waals surface area contributed by atoms with Crippen molar-refractivity contribution < 1.29 is 9.72 Å². The summed E-state index contributed by atoms with van der Waals surface area (Å²) in [6, 6.07) is 5.85. The largest absolute Gasteiger partial charge is 0.339 e. The summed E-state index contributed by atoms with van der Waals surface area (Å²) in [5.74, 6) is -0.595. The molecule has 0 heterocycles. The Bertz CT molecular complexity index is 636. The van der Waals surface area contributed by atoms with Gasteiger partial charge in [0.25, 0.3) is 5.69 Å². The third kappa shape index (κ3) is 6.19. The third-order valence-corrected chi connectivity index (χ3v) is 3.30. The van der Waals surface area contributed by atoms with Crippen molar-refractivity contribution in [3.63, 3.8) is 0 Å². The van der Waals surface area contributed by atoms with Gasteiger partial charge in [-0.1, -0.05) is 53.5 Å². The number of amides is 1. The average Bonchev–Trinajstić information content (AvgIpc) is 2.45. The molecule has 0 spiro atoms. The molecule has 0 fully saturated rings. The first-order chi connectivity index (χ1) is 10.6. The molecule has 0 aromatic heterocycles. The van der Waals surface area contributed by atoms with Crippen molar-refractivity contribution in [2.45, 2.75) is 9.96 Å². The predicted molar refractivity (Wildman–Crippen MR) is 94.9 cm³/mol. The number of carbonyl (C=O) groups excluding carboxylic acids is 1. The van der Waals surface area contributed by atoms with Crippen LogP contribution in [0.1, 0.15) is 0 Å². The Kier molecular flexibility index (Phi) is 7.01. The molecule has 0 aliphatic rings. The Labute approximate surface area is 152 Å². The standard InChI is InChI=1S/C12H11Cl3N4O3S/c1-2-9(20)17-10(12(13,14)15)18-11(23)16-7-5-3-4-6-8(7)19(21)22/h2-6,10H,1H2,(H,17,20)(H2,16,18,23). The highest BCUT2D eigenvalue weighted by atomic mass is 35.6. The maximum atomic E-state index is 11.4. The van der Waals surface area contributed by atoms with E-state index in [-0.39, 0.29) is 16.5 Å². The second-order valence-electron chi connectivity index (χ2n) is 4.06. The zero-order chi connectivity index (χ0) is 17.6.